The van der Waals surface area contributed by atoms with Crippen molar-refractivity contribution < 1.29 is 9.15 Å². The van der Waals surface area contributed by atoms with Crippen LogP contribution in [0, 0.1) is 18.3 Å². The SMILES string of the molecule is CCNC(=NCc1coc(-c2ccc(C)cc2)n1)NCC1CCCOC1C(C)(C)C. The molecule has 2 unspecified atom stereocenters. The summed E-state index contributed by atoms with van der Waals surface area (Å²) in [4.78, 5) is 9.29. The van der Waals surface area contributed by atoms with Crippen molar-refractivity contribution in [1.29, 1.82) is 0 Å². The lowest BCUT2D eigenvalue weighted by Crippen LogP contribution is -2.47. The molecule has 0 amide bonds. The Morgan fingerprint density at radius 1 is 1.20 bits per heavy atom. The first kappa shape index (κ1) is 22.3. The van der Waals surface area contributed by atoms with Crippen LogP contribution in [0.1, 0.15) is 51.8 Å². The Balaban J connectivity index is 1.61. The molecular weight excluding hydrogens is 376 g/mol. The minimum absolute atomic E-state index is 0.134. The molecule has 0 spiro atoms. The number of aryl methyl sites for hydroxylation is 1. The van der Waals surface area contributed by atoms with E-state index in [0.29, 0.717) is 18.4 Å². The molecule has 2 heterocycles. The molecule has 164 valence electrons. The first-order valence-corrected chi connectivity index (χ1v) is 11.0. The molecule has 3 rings (SSSR count). The van der Waals surface area contributed by atoms with Crippen LogP contribution in [0.25, 0.3) is 11.5 Å². The second kappa shape index (κ2) is 10.1. The Bertz CT molecular complexity index is 820. The van der Waals surface area contributed by atoms with Gasteiger partial charge in [0.05, 0.1) is 12.6 Å². The van der Waals surface area contributed by atoms with Crippen molar-refractivity contribution in [2.24, 2.45) is 16.3 Å². The number of rotatable bonds is 6. The summed E-state index contributed by atoms with van der Waals surface area (Å²) in [6.07, 6.45) is 4.24. The van der Waals surface area contributed by atoms with Crippen LogP contribution in [0.4, 0.5) is 0 Å². The largest absolute Gasteiger partial charge is 0.444 e. The van der Waals surface area contributed by atoms with E-state index in [9.17, 15) is 0 Å². The second-order valence-corrected chi connectivity index (χ2v) is 9.15. The quantitative estimate of drug-likeness (QED) is 0.538. The summed E-state index contributed by atoms with van der Waals surface area (Å²) < 4.78 is 11.8. The van der Waals surface area contributed by atoms with Gasteiger partial charge in [-0.15, -0.1) is 0 Å². The molecule has 1 saturated heterocycles. The molecule has 0 bridgehead atoms. The Morgan fingerprint density at radius 3 is 2.67 bits per heavy atom. The van der Waals surface area contributed by atoms with E-state index < -0.39 is 0 Å². The van der Waals surface area contributed by atoms with Crippen LogP contribution in [0.5, 0.6) is 0 Å². The Hall–Kier alpha value is -2.34. The van der Waals surface area contributed by atoms with Crippen LogP contribution in [-0.4, -0.2) is 36.7 Å². The highest BCUT2D eigenvalue weighted by Crippen LogP contribution is 2.33. The molecule has 30 heavy (non-hydrogen) atoms. The Labute approximate surface area is 180 Å². The molecular formula is C24H36N4O2. The normalized spacial score (nSPS) is 20.2. The fourth-order valence-electron chi connectivity index (χ4n) is 3.95. The maximum Gasteiger partial charge on any atom is 0.226 e. The fraction of sp³-hybridized carbons (Fsp3) is 0.583. The minimum atomic E-state index is 0.134. The topological polar surface area (TPSA) is 71.7 Å². The number of guanidine groups is 1. The van der Waals surface area contributed by atoms with Gasteiger partial charge in [0.15, 0.2) is 5.96 Å². The van der Waals surface area contributed by atoms with Crippen molar-refractivity contribution in [2.75, 3.05) is 19.7 Å². The Morgan fingerprint density at radius 2 is 1.97 bits per heavy atom. The molecule has 2 atom stereocenters. The number of aliphatic imine (C=N–C) groups is 1. The minimum Gasteiger partial charge on any atom is -0.444 e. The van der Waals surface area contributed by atoms with Gasteiger partial charge in [-0.2, -0.15) is 0 Å². The van der Waals surface area contributed by atoms with Gasteiger partial charge >= 0.3 is 0 Å². The van der Waals surface area contributed by atoms with Crippen LogP contribution < -0.4 is 10.6 Å². The van der Waals surface area contributed by atoms with Crippen molar-refractivity contribution in [3.8, 4) is 11.5 Å². The highest BCUT2D eigenvalue weighted by atomic mass is 16.5. The number of hydrogen-bond donors (Lipinski definition) is 2. The van der Waals surface area contributed by atoms with Crippen LogP contribution >= 0.6 is 0 Å². The standard InChI is InChI=1S/C24H36N4O2/c1-6-25-23(26-14-19-8-7-13-29-21(19)24(3,4)5)27-15-20-16-30-22(28-20)18-11-9-17(2)10-12-18/h9-12,16,19,21H,6-8,13-15H2,1-5H3,(H2,25,26,27). The van der Waals surface area contributed by atoms with Crippen LogP contribution in [0.15, 0.2) is 39.9 Å². The van der Waals surface area contributed by atoms with Gasteiger partial charge in [0.1, 0.15) is 12.0 Å². The maximum absolute atomic E-state index is 6.11. The van der Waals surface area contributed by atoms with E-state index in [1.165, 1.54) is 12.0 Å². The monoisotopic (exact) mass is 412 g/mol. The van der Waals surface area contributed by atoms with E-state index in [1.807, 2.05) is 12.1 Å². The number of aromatic nitrogens is 1. The molecule has 0 radical (unpaired) electrons. The Kier molecular flexibility index (Phi) is 7.53. The van der Waals surface area contributed by atoms with E-state index >= 15 is 0 Å². The van der Waals surface area contributed by atoms with Crippen LogP contribution in [0.3, 0.4) is 0 Å². The number of hydrogen-bond acceptors (Lipinski definition) is 4. The zero-order valence-corrected chi connectivity index (χ0v) is 19.0. The van der Waals surface area contributed by atoms with Crippen molar-refractivity contribution in [3.05, 3.63) is 41.8 Å². The van der Waals surface area contributed by atoms with Crippen molar-refractivity contribution in [3.63, 3.8) is 0 Å². The summed E-state index contributed by atoms with van der Waals surface area (Å²) in [6.45, 7) is 13.9. The molecule has 1 fully saturated rings. The number of ether oxygens (including phenoxy) is 1. The van der Waals surface area contributed by atoms with Crippen LogP contribution in [-0.2, 0) is 11.3 Å². The van der Waals surface area contributed by atoms with Crippen molar-refractivity contribution >= 4 is 5.96 Å². The zero-order valence-electron chi connectivity index (χ0n) is 19.0. The predicted molar refractivity (Wildman–Crippen MR) is 121 cm³/mol. The van der Waals surface area contributed by atoms with Gasteiger partial charge in [-0.25, -0.2) is 9.98 Å². The number of benzene rings is 1. The van der Waals surface area contributed by atoms with E-state index in [1.54, 1.807) is 6.26 Å². The summed E-state index contributed by atoms with van der Waals surface area (Å²) in [5.74, 6) is 1.91. The molecule has 1 aliphatic heterocycles. The zero-order chi connectivity index (χ0) is 21.6. The summed E-state index contributed by atoms with van der Waals surface area (Å²) in [5.41, 5.74) is 3.14. The predicted octanol–water partition coefficient (Wildman–Crippen LogP) is 4.55. The molecule has 6 nitrogen and oxygen atoms in total. The van der Waals surface area contributed by atoms with E-state index in [2.05, 4.69) is 62.4 Å². The molecule has 2 aromatic rings. The van der Waals surface area contributed by atoms with Gasteiger partial charge in [0.2, 0.25) is 5.89 Å². The third kappa shape index (κ3) is 6.08. The van der Waals surface area contributed by atoms with Gasteiger partial charge < -0.3 is 19.8 Å². The third-order valence-electron chi connectivity index (χ3n) is 5.42. The summed E-state index contributed by atoms with van der Waals surface area (Å²) in [7, 11) is 0. The lowest BCUT2D eigenvalue weighted by Gasteiger charge is -2.40. The molecule has 1 aromatic carbocycles. The molecule has 1 aliphatic rings. The highest BCUT2D eigenvalue weighted by molar-refractivity contribution is 5.79. The van der Waals surface area contributed by atoms with Gasteiger partial charge in [0, 0.05) is 31.2 Å². The molecule has 2 N–H and O–H groups in total. The average Bonchev–Trinajstić information content (AvgIpc) is 3.19. The molecule has 0 aliphatic carbocycles. The number of oxazole rings is 1. The smallest absolute Gasteiger partial charge is 0.226 e. The lowest BCUT2D eigenvalue weighted by atomic mass is 9.78. The average molecular weight is 413 g/mol. The number of nitrogens with one attached hydrogen (secondary N) is 2. The van der Waals surface area contributed by atoms with Crippen molar-refractivity contribution in [2.45, 2.75) is 60.1 Å². The van der Waals surface area contributed by atoms with Gasteiger partial charge in [-0.1, -0.05) is 38.5 Å². The summed E-state index contributed by atoms with van der Waals surface area (Å²) in [6, 6.07) is 8.17. The fourth-order valence-corrected chi connectivity index (χ4v) is 3.95. The van der Waals surface area contributed by atoms with E-state index in [-0.39, 0.29) is 11.5 Å². The van der Waals surface area contributed by atoms with E-state index in [4.69, 9.17) is 14.1 Å². The summed E-state index contributed by atoms with van der Waals surface area (Å²) >= 11 is 0. The molecule has 6 heteroatoms. The maximum atomic E-state index is 6.11. The summed E-state index contributed by atoms with van der Waals surface area (Å²) in [5, 5.41) is 6.84. The van der Waals surface area contributed by atoms with E-state index in [0.717, 1.165) is 43.3 Å². The molecule has 1 aromatic heterocycles. The first-order chi connectivity index (χ1) is 14.4. The van der Waals surface area contributed by atoms with Crippen LogP contribution in [0.2, 0.25) is 0 Å². The first-order valence-electron chi connectivity index (χ1n) is 11.0. The lowest BCUT2D eigenvalue weighted by molar-refractivity contribution is -0.0835. The highest BCUT2D eigenvalue weighted by Gasteiger charge is 2.35. The van der Waals surface area contributed by atoms with Crippen molar-refractivity contribution in [1.82, 2.24) is 15.6 Å². The third-order valence-corrected chi connectivity index (χ3v) is 5.42. The second-order valence-electron chi connectivity index (χ2n) is 9.15. The van der Waals surface area contributed by atoms with Gasteiger partial charge in [-0.3, -0.25) is 0 Å². The molecule has 0 saturated carbocycles. The number of nitrogens with zero attached hydrogens (tertiary/aromatic N) is 2. The van der Waals surface area contributed by atoms with Gasteiger partial charge in [0.25, 0.3) is 0 Å². The van der Waals surface area contributed by atoms with Gasteiger partial charge in [-0.05, 0) is 44.2 Å².